The quantitative estimate of drug-likeness (QED) is 0.604. The fraction of sp³-hybridized carbons (Fsp3) is 0.182. The Morgan fingerprint density at radius 1 is 1.41 bits per heavy atom. The highest BCUT2D eigenvalue weighted by atomic mass is 35.5. The van der Waals surface area contributed by atoms with Crippen molar-refractivity contribution in [3.8, 4) is 11.5 Å². The number of fused-ring (bicyclic) bond motifs is 1. The molecule has 0 unspecified atom stereocenters. The summed E-state index contributed by atoms with van der Waals surface area (Å²) in [6.45, 7) is 0. The Hall–Kier alpha value is -1.88. The number of carbonyl (C=O) groups excluding carboxylic acids is 1. The standard InChI is InChI=1S/C11H10ClNO4/c1-13-6-4-8(14)10(15)9(12)5(6)3-7(13)11(16)17-2/h3-4,14-15H,1-2H3. The van der Waals surface area contributed by atoms with E-state index in [4.69, 9.17) is 11.6 Å². The van der Waals surface area contributed by atoms with Gasteiger partial charge in [-0.25, -0.2) is 4.79 Å². The number of aromatic nitrogens is 1. The van der Waals surface area contributed by atoms with Crippen LogP contribution in [-0.2, 0) is 11.8 Å². The predicted molar refractivity (Wildman–Crippen MR) is 62.6 cm³/mol. The average molecular weight is 256 g/mol. The summed E-state index contributed by atoms with van der Waals surface area (Å²) in [6, 6.07) is 2.84. The Labute approximate surface area is 102 Å². The van der Waals surface area contributed by atoms with Gasteiger partial charge >= 0.3 is 5.97 Å². The van der Waals surface area contributed by atoms with Crippen LogP contribution in [0.5, 0.6) is 11.5 Å². The van der Waals surface area contributed by atoms with Gasteiger partial charge in [-0.15, -0.1) is 0 Å². The summed E-state index contributed by atoms with van der Waals surface area (Å²) in [5.74, 6) is -1.25. The lowest BCUT2D eigenvalue weighted by molar-refractivity contribution is 0.0590. The van der Waals surface area contributed by atoms with E-state index in [-0.39, 0.29) is 16.5 Å². The van der Waals surface area contributed by atoms with Crippen molar-refractivity contribution in [1.82, 2.24) is 4.57 Å². The average Bonchev–Trinajstić information content (AvgIpc) is 2.64. The number of phenols is 2. The number of rotatable bonds is 1. The summed E-state index contributed by atoms with van der Waals surface area (Å²) in [6.07, 6.45) is 0. The summed E-state index contributed by atoms with van der Waals surface area (Å²) < 4.78 is 6.15. The molecule has 0 aliphatic heterocycles. The maximum Gasteiger partial charge on any atom is 0.354 e. The van der Waals surface area contributed by atoms with Crippen molar-refractivity contribution in [3.05, 3.63) is 22.8 Å². The van der Waals surface area contributed by atoms with E-state index in [0.29, 0.717) is 10.9 Å². The predicted octanol–water partition coefficient (Wildman–Crippen LogP) is 2.03. The zero-order chi connectivity index (χ0) is 12.7. The summed E-state index contributed by atoms with van der Waals surface area (Å²) in [4.78, 5) is 11.5. The van der Waals surface area contributed by atoms with Crippen molar-refractivity contribution < 1.29 is 19.7 Å². The van der Waals surface area contributed by atoms with E-state index >= 15 is 0 Å². The number of carbonyl (C=O) groups is 1. The third-order valence-electron chi connectivity index (χ3n) is 2.63. The highest BCUT2D eigenvalue weighted by Gasteiger charge is 2.18. The molecule has 2 rings (SSSR count). The maximum atomic E-state index is 11.5. The third kappa shape index (κ3) is 1.59. The lowest BCUT2D eigenvalue weighted by Gasteiger charge is -2.04. The lowest BCUT2D eigenvalue weighted by atomic mass is 10.2. The van der Waals surface area contributed by atoms with Crippen LogP contribution in [0.3, 0.4) is 0 Å². The number of hydrogen-bond acceptors (Lipinski definition) is 4. The number of methoxy groups -OCH3 is 1. The number of phenolic OH excluding ortho intramolecular Hbond substituents is 2. The van der Waals surface area contributed by atoms with Crippen LogP contribution in [0.25, 0.3) is 10.9 Å². The van der Waals surface area contributed by atoms with Crippen molar-refractivity contribution in [2.24, 2.45) is 7.05 Å². The van der Waals surface area contributed by atoms with Crippen LogP contribution in [0, 0.1) is 0 Å². The minimum Gasteiger partial charge on any atom is -0.504 e. The fourth-order valence-corrected chi connectivity index (χ4v) is 1.95. The first-order valence-corrected chi connectivity index (χ1v) is 5.13. The van der Waals surface area contributed by atoms with Gasteiger partial charge in [0.05, 0.1) is 17.6 Å². The van der Waals surface area contributed by atoms with E-state index in [2.05, 4.69) is 4.74 Å². The molecule has 0 atom stereocenters. The van der Waals surface area contributed by atoms with Gasteiger partial charge in [0, 0.05) is 18.5 Å². The van der Waals surface area contributed by atoms with Crippen molar-refractivity contribution in [1.29, 1.82) is 0 Å². The molecular formula is C11H10ClNO4. The number of benzene rings is 1. The molecular weight excluding hydrogens is 246 g/mol. The Morgan fingerprint density at radius 2 is 2.06 bits per heavy atom. The molecule has 0 aliphatic carbocycles. The Balaban J connectivity index is 2.83. The normalized spacial score (nSPS) is 10.8. The Kier molecular flexibility index (Phi) is 2.63. The monoisotopic (exact) mass is 255 g/mol. The molecule has 0 spiro atoms. The van der Waals surface area contributed by atoms with Gasteiger partial charge in [0.15, 0.2) is 11.5 Å². The molecule has 90 valence electrons. The molecule has 1 aromatic carbocycles. The number of halogens is 1. The second kappa shape index (κ2) is 3.85. The fourth-order valence-electron chi connectivity index (χ4n) is 1.71. The molecule has 0 radical (unpaired) electrons. The molecule has 17 heavy (non-hydrogen) atoms. The Morgan fingerprint density at radius 3 is 2.65 bits per heavy atom. The van der Waals surface area contributed by atoms with Gasteiger partial charge in [-0.3, -0.25) is 0 Å². The van der Waals surface area contributed by atoms with E-state index in [9.17, 15) is 15.0 Å². The summed E-state index contributed by atoms with van der Waals surface area (Å²) in [7, 11) is 2.91. The highest BCUT2D eigenvalue weighted by molar-refractivity contribution is 6.37. The van der Waals surface area contributed by atoms with Gasteiger partial charge in [-0.05, 0) is 6.07 Å². The molecule has 1 aromatic heterocycles. The van der Waals surface area contributed by atoms with Crippen LogP contribution >= 0.6 is 11.6 Å². The van der Waals surface area contributed by atoms with Crippen molar-refractivity contribution >= 4 is 28.5 Å². The van der Waals surface area contributed by atoms with Gasteiger partial charge in [0.1, 0.15) is 5.69 Å². The van der Waals surface area contributed by atoms with E-state index in [1.807, 2.05) is 0 Å². The van der Waals surface area contributed by atoms with E-state index in [1.54, 1.807) is 7.05 Å². The molecule has 0 saturated heterocycles. The van der Waals surface area contributed by atoms with Crippen LogP contribution in [0.15, 0.2) is 12.1 Å². The first-order valence-electron chi connectivity index (χ1n) is 4.75. The molecule has 0 aliphatic rings. The topological polar surface area (TPSA) is 71.7 Å². The minimum absolute atomic E-state index is 0.00533. The van der Waals surface area contributed by atoms with Crippen LogP contribution in [-0.4, -0.2) is 27.9 Å². The molecule has 0 saturated carbocycles. The summed E-state index contributed by atoms with van der Waals surface area (Å²) in [5, 5.41) is 19.4. The number of aryl methyl sites for hydroxylation is 1. The van der Waals surface area contributed by atoms with Crippen LogP contribution in [0.2, 0.25) is 5.02 Å². The van der Waals surface area contributed by atoms with Crippen LogP contribution in [0.4, 0.5) is 0 Å². The molecule has 2 aromatic rings. The van der Waals surface area contributed by atoms with E-state index in [0.717, 1.165) is 0 Å². The molecule has 2 N–H and O–H groups in total. The van der Waals surface area contributed by atoms with Crippen molar-refractivity contribution in [2.75, 3.05) is 7.11 Å². The number of aromatic hydroxyl groups is 2. The molecule has 5 nitrogen and oxygen atoms in total. The van der Waals surface area contributed by atoms with Gasteiger partial charge < -0.3 is 19.5 Å². The van der Waals surface area contributed by atoms with Gasteiger partial charge in [0.25, 0.3) is 0 Å². The molecule has 0 bridgehead atoms. The second-order valence-corrected chi connectivity index (χ2v) is 3.95. The largest absolute Gasteiger partial charge is 0.504 e. The SMILES string of the molecule is COC(=O)c1cc2c(Cl)c(O)c(O)cc2n1C. The van der Waals surface area contributed by atoms with Crippen molar-refractivity contribution in [3.63, 3.8) is 0 Å². The van der Waals surface area contributed by atoms with Gasteiger partial charge in [-0.2, -0.15) is 0 Å². The second-order valence-electron chi connectivity index (χ2n) is 3.57. The molecule has 6 heteroatoms. The smallest absolute Gasteiger partial charge is 0.354 e. The molecule has 0 amide bonds. The minimum atomic E-state index is -0.515. The van der Waals surface area contributed by atoms with Gasteiger partial charge in [0.2, 0.25) is 0 Å². The zero-order valence-corrected chi connectivity index (χ0v) is 9.95. The van der Waals surface area contributed by atoms with E-state index in [1.165, 1.54) is 23.8 Å². The summed E-state index contributed by atoms with van der Waals surface area (Å²) in [5.41, 5.74) is 0.820. The maximum absolute atomic E-state index is 11.5. The first kappa shape index (κ1) is 11.6. The molecule has 0 fully saturated rings. The van der Waals surface area contributed by atoms with Crippen LogP contribution in [0.1, 0.15) is 10.5 Å². The van der Waals surface area contributed by atoms with Gasteiger partial charge in [-0.1, -0.05) is 11.6 Å². The Bertz CT molecular complexity index is 618. The third-order valence-corrected chi connectivity index (χ3v) is 3.02. The summed E-state index contributed by atoms with van der Waals surface area (Å²) >= 11 is 5.89. The lowest BCUT2D eigenvalue weighted by Crippen LogP contribution is -2.06. The first-order chi connectivity index (χ1) is 7.97. The number of ether oxygens (including phenoxy) is 1. The van der Waals surface area contributed by atoms with Crippen LogP contribution < -0.4 is 0 Å². The number of hydrogen-bond donors (Lipinski definition) is 2. The molecule has 1 heterocycles. The number of esters is 1. The van der Waals surface area contributed by atoms with Crippen molar-refractivity contribution in [2.45, 2.75) is 0 Å². The zero-order valence-electron chi connectivity index (χ0n) is 9.19. The number of nitrogens with zero attached hydrogens (tertiary/aromatic N) is 1. The highest BCUT2D eigenvalue weighted by Crippen LogP contribution is 2.40. The van der Waals surface area contributed by atoms with E-state index < -0.39 is 11.7 Å².